The van der Waals surface area contributed by atoms with Crippen molar-refractivity contribution in [1.82, 2.24) is 10.2 Å². The van der Waals surface area contributed by atoms with Gasteiger partial charge in [-0.15, -0.1) is 0 Å². The minimum Gasteiger partial charge on any atom is -0.444 e. The molecule has 9 nitrogen and oxygen atoms in total. The lowest BCUT2D eigenvalue weighted by molar-refractivity contribution is -0.129. The monoisotopic (exact) mass is 541 g/mol. The van der Waals surface area contributed by atoms with Gasteiger partial charge in [0.15, 0.2) is 0 Å². The fraction of sp³-hybridized carbons (Fsp3) is 0.464. The third-order valence-electron chi connectivity index (χ3n) is 6.12. The Morgan fingerprint density at radius 1 is 1.08 bits per heavy atom. The topological polar surface area (TPSA) is 126 Å². The first kappa shape index (κ1) is 29.0. The van der Waals surface area contributed by atoms with E-state index < -0.39 is 33.9 Å². The Morgan fingerprint density at radius 3 is 2.18 bits per heavy atom. The van der Waals surface area contributed by atoms with Gasteiger partial charge in [0.2, 0.25) is 5.91 Å². The number of amides is 2. The van der Waals surface area contributed by atoms with Crippen molar-refractivity contribution in [3.05, 3.63) is 54.1 Å². The summed E-state index contributed by atoms with van der Waals surface area (Å²) in [7, 11) is -3.59. The molecule has 10 heteroatoms. The summed E-state index contributed by atoms with van der Waals surface area (Å²) in [6.45, 7) is 7.26. The Balaban J connectivity index is 1.65. The Bertz CT molecular complexity index is 1280. The molecule has 1 aliphatic rings. The van der Waals surface area contributed by atoms with Crippen LogP contribution in [0.25, 0.3) is 11.1 Å². The van der Waals surface area contributed by atoms with Crippen molar-refractivity contribution in [2.45, 2.75) is 77.1 Å². The number of carbonyl (C=O) groups excluding carboxylic acids is 2. The van der Waals surface area contributed by atoms with E-state index in [-0.39, 0.29) is 17.7 Å². The van der Waals surface area contributed by atoms with E-state index in [0.717, 1.165) is 35.8 Å². The van der Waals surface area contributed by atoms with Crippen molar-refractivity contribution in [3.8, 4) is 22.9 Å². The van der Waals surface area contributed by atoms with Crippen LogP contribution >= 0.6 is 0 Å². The minimum absolute atomic E-state index is 0.144. The fourth-order valence-electron chi connectivity index (χ4n) is 4.41. The van der Waals surface area contributed by atoms with Crippen LogP contribution in [-0.4, -0.2) is 55.3 Å². The molecule has 1 heterocycles. The lowest BCUT2D eigenvalue weighted by Crippen LogP contribution is -2.57. The average molecular weight is 542 g/mol. The van der Waals surface area contributed by atoms with Crippen molar-refractivity contribution >= 4 is 22.1 Å². The van der Waals surface area contributed by atoms with Crippen LogP contribution in [0, 0.1) is 11.3 Å². The SMILES string of the molecule is C[C@H]1CCC[C@@H](C(=O)N[C@H](C#N)Cc2ccc(-c3ccc(OS(C)(=O)=O)cc3)cc2)N1C(=O)OC(C)(C)C. The zero-order valence-corrected chi connectivity index (χ0v) is 23.2. The summed E-state index contributed by atoms with van der Waals surface area (Å²) in [5, 5.41) is 12.5. The molecule has 2 aromatic carbocycles. The molecule has 0 saturated carbocycles. The summed E-state index contributed by atoms with van der Waals surface area (Å²) in [4.78, 5) is 27.5. The molecule has 0 radical (unpaired) electrons. The molecule has 38 heavy (non-hydrogen) atoms. The molecule has 2 aromatic rings. The van der Waals surface area contributed by atoms with Gasteiger partial charge in [0.25, 0.3) is 0 Å². The summed E-state index contributed by atoms with van der Waals surface area (Å²) >= 11 is 0. The summed E-state index contributed by atoms with van der Waals surface area (Å²) < 4.78 is 33.0. The maximum atomic E-state index is 13.2. The van der Waals surface area contributed by atoms with Crippen molar-refractivity contribution in [1.29, 1.82) is 5.26 Å². The second kappa shape index (κ2) is 11.9. The number of benzene rings is 2. The van der Waals surface area contributed by atoms with Gasteiger partial charge in [-0.2, -0.15) is 13.7 Å². The number of nitriles is 1. The number of hydrogen-bond donors (Lipinski definition) is 1. The largest absolute Gasteiger partial charge is 0.444 e. The lowest BCUT2D eigenvalue weighted by atomic mass is 9.95. The molecule has 3 rings (SSSR count). The molecule has 204 valence electrons. The first-order valence-corrected chi connectivity index (χ1v) is 14.4. The summed E-state index contributed by atoms with van der Waals surface area (Å²) in [5.74, 6) is -0.125. The number of nitrogens with zero attached hydrogens (tertiary/aromatic N) is 2. The molecular formula is C28H35N3O6S. The van der Waals surface area contributed by atoms with Crippen LogP contribution < -0.4 is 9.50 Å². The van der Waals surface area contributed by atoms with Crippen LogP contribution in [0.1, 0.15) is 52.5 Å². The van der Waals surface area contributed by atoms with E-state index in [2.05, 4.69) is 11.4 Å². The van der Waals surface area contributed by atoms with Gasteiger partial charge in [-0.3, -0.25) is 9.69 Å². The number of rotatable bonds is 7. The molecule has 0 aromatic heterocycles. The summed E-state index contributed by atoms with van der Waals surface area (Å²) in [6, 6.07) is 14.8. The molecule has 1 N–H and O–H groups in total. The van der Waals surface area contributed by atoms with Crippen LogP contribution in [-0.2, 0) is 26.1 Å². The number of hydrogen-bond acceptors (Lipinski definition) is 7. The minimum atomic E-state index is -3.59. The first-order chi connectivity index (χ1) is 17.8. The lowest BCUT2D eigenvalue weighted by Gasteiger charge is -2.40. The van der Waals surface area contributed by atoms with Crippen molar-refractivity contribution < 1.29 is 26.9 Å². The van der Waals surface area contributed by atoms with Crippen molar-refractivity contribution in [2.24, 2.45) is 0 Å². The normalized spacial score (nSPS) is 18.7. The predicted molar refractivity (Wildman–Crippen MR) is 144 cm³/mol. The van der Waals surface area contributed by atoms with Gasteiger partial charge in [0.1, 0.15) is 23.4 Å². The molecule has 3 atom stereocenters. The highest BCUT2D eigenvalue weighted by Gasteiger charge is 2.39. The van der Waals surface area contributed by atoms with E-state index in [1.807, 2.05) is 31.2 Å². The van der Waals surface area contributed by atoms with E-state index in [1.165, 1.54) is 4.90 Å². The standard InChI is InChI=1S/C28H35N3O6S/c1-19-7-6-8-25(31(19)27(33)36-28(2,3)4)26(32)30-23(18-29)17-20-9-11-21(12-10-20)22-13-15-24(16-14-22)37-38(5,34)35/h9-16,19,23,25H,6-8,17H2,1-5H3,(H,30,32)/t19-,23-,25-/m0/s1. The highest BCUT2D eigenvalue weighted by Crippen LogP contribution is 2.26. The first-order valence-electron chi connectivity index (χ1n) is 12.6. The third kappa shape index (κ3) is 8.21. The van der Waals surface area contributed by atoms with E-state index in [9.17, 15) is 23.3 Å². The van der Waals surface area contributed by atoms with E-state index in [1.54, 1.807) is 45.0 Å². The van der Waals surface area contributed by atoms with Crippen molar-refractivity contribution in [3.63, 3.8) is 0 Å². The van der Waals surface area contributed by atoms with Gasteiger partial charge < -0.3 is 14.2 Å². The average Bonchev–Trinajstić information content (AvgIpc) is 2.82. The van der Waals surface area contributed by atoms with Crippen LogP contribution in [0.5, 0.6) is 5.75 Å². The van der Waals surface area contributed by atoms with Crippen LogP contribution in [0.2, 0.25) is 0 Å². The van der Waals surface area contributed by atoms with Crippen LogP contribution in [0.3, 0.4) is 0 Å². The zero-order chi connectivity index (χ0) is 28.1. The molecule has 2 amide bonds. The van der Waals surface area contributed by atoms with Gasteiger partial charge in [0, 0.05) is 12.5 Å². The van der Waals surface area contributed by atoms with E-state index in [0.29, 0.717) is 12.8 Å². The number of nitrogens with one attached hydrogen (secondary N) is 1. The second-order valence-electron chi connectivity index (χ2n) is 10.6. The van der Waals surface area contributed by atoms with Crippen molar-refractivity contribution in [2.75, 3.05) is 6.26 Å². The molecule has 0 spiro atoms. The molecule has 1 aliphatic heterocycles. The Morgan fingerprint density at radius 2 is 1.66 bits per heavy atom. The second-order valence-corrected chi connectivity index (χ2v) is 12.2. The maximum absolute atomic E-state index is 13.2. The Kier molecular flexibility index (Phi) is 9.05. The van der Waals surface area contributed by atoms with Gasteiger partial charge in [-0.05, 0) is 75.8 Å². The Hall–Kier alpha value is -3.58. The van der Waals surface area contributed by atoms with Gasteiger partial charge in [-0.1, -0.05) is 36.4 Å². The van der Waals surface area contributed by atoms with E-state index in [4.69, 9.17) is 8.92 Å². The molecule has 1 saturated heterocycles. The Labute approximate surface area is 224 Å². The molecule has 0 aliphatic carbocycles. The van der Waals surface area contributed by atoms with Crippen LogP contribution in [0.15, 0.2) is 48.5 Å². The molecule has 0 bridgehead atoms. The van der Waals surface area contributed by atoms with Gasteiger partial charge in [-0.25, -0.2) is 4.79 Å². The molecular weight excluding hydrogens is 506 g/mol. The maximum Gasteiger partial charge on any atom is 0.411 e. The summed E-state index contributed by atoms with van der Waals surface area (Å²) in [5.41, 5.74) is 1.96. The van der Waals surface area contributed by atoms with Gasteiger partial charge in [0.05, 0.1) is 12.3 Å². The third-order valence-corrected chi connectivity index (χ3v) is 6.61. The highest BCUT2D eigenvalue weighted by molar-refractivity contribution is 7.86. The van der Waals surface area contributed by atoms with Gasteiger partial charge >= 0.3 is 16.2 Å². The highest BCUT2D eigenvalue weighted by atomic mass is 32.2. The number of piperidine rings is 1. The molecule has 1 fully saturated rings. The van der Waals surface area contributed by atoms with E-state index >= 15 is 0 Å². The summed E-state index contributed by atoms with van der Waals surface area (Å²) in [6.07, 6.45) is 2.87. The number of likely N-dealkylation sites (tertiary alicyclic amines) is 1. The smallest absolute Gasteiger partial charge is 0.411 e. The van der Waals surface area contributed by atoms with Crippen LogP contribution in [0.4, 0.5) is 4.79 Å². The zero-order valence-electron chi connectivity index (χ0n) is 22.4. The molecule has 0 unspecified atom stereocenters. The fourth-order valence-corrected chi connectivity index (χ4v) is 4.88. The number of carbonyl (C=O) groups is 2. The quantitative estimate of drug-likeness (QED) is 0.514. The predicted octanol–water partition coefficient (Wildman–Crippen LogP) is 4.42. The number of ether oxygens (including phenoxy) is 1.